The summed E-state index contributed by atoms with van der Waals surface area (Å²) < 4.78 is 43.2. The van der Waals surface area contributed by atoms with Crippen molar-refractivity contribution in [3.05, 3.63) is 0 Å². The van der Waals surface area contributed by atoms with Gasteiger partial charge in [0.05, 0.1) is 23.7 Å². The number of nitrogens with zero attached hydrogens (tertiary/aromatic N) is 2. The molecule has 1 amide bonds. The molecule has 0 bridgehead atoms. The minimum atomic E-state index is -1.39. The van der Waals surface area contributed by atoms with Crippen LogP contribution in [0.2, 0.25) is 0 Å². The van der Waals surface area contributed by atoms with Gasteiger partial charge < -0.3 is 43.8 Å². The number of amides is 1. The number of fused-ring (bicyclic) bond motifs is 1. The smallest absolute Gasteiger partial charge is 0.411 e. The van der Waals surface area contributed by atoms with Crippen LogP contribution in [-0.2, 0) is 47.5 Å². The zero-order chi connectivity index (χ0) is 37.7. The average molecular weight is 714 g/mol. The Bertz CT molecular complexity index is 1190. The number of hydrogen-bond acceptors (Lipinski definition) is 13. The summed E-state index contributed by atoms with van der Waals surface area (Å²) in [4.78, 5) is 58.9. The van der Waals surface area contributed by atoms with Crippen LogP contribution in [0.4, 0.5) is 4.79 Å². The van der Waals surface area contributed by atoms with Crippen LogP contribution in [0, 0.1) is 17.8 Å². The maximum atomic E-state index is 14.3. The van der Waals surface area contributed by atoms with E-state index in [1.807, 2.05) is 21.0 Å². The van der Waals surface area contributed by atoms with Crippen LogP contribution >= 0.6 is 0 Å². The van der Waals surface area contributed by atoms with E-state index in [1.54, 1.807) is 48.7 Å². The molecule has 3 heterocycles. The van der Waals surface area contributed by atoms with Gasteiger partial charge in [-0.2, -0.15) is 0 Å². The van der Waals surface area contributed by atoms with Crippen molar-refractivity contribution in [2.45, 2.75) is 148 Å². The maximum absolute atomic E-state index is 14.3. The molecule has 3 saturated heterocycles. The summed E-state index contributed by atoms with van der Waals surface area (Å²) in [5, 5.41) is 0. The van der Waals surface area contributed by atoms with Crippen LogP contribution < -0.4 is 5.73 Å². The van der Waals surface area contributed by atoms with Crippen molar-refractivity contribution < 1.29 is 52.3 Å². The van der Waals surface area contributed by atoms with Gasteiger partial charge in [0.25, 0.3) is 0 Å². The Hall–Kier alpha value is -2.36. The van der Waals surface area contributed by atoms with Crippen molar-refractivity contribution in [2.75, 3.05) is 41.4 Å². The molecular formula is C36H63N3O11. The summed E-state index contributed by atoms with van der Waals surface area (Å²) in [6, 6.07) is -0.835. The molecule has 0 aromatic carbocycles. The molecule has 4 unspecified atom stereocenters. The molecular weight excluding hydrogens is 650 g/mol. The van der Waals surface area contributed by atoms with Gasteiger partial charge >= 0.3 is 18.0 Å². The van der Waals surface area contributed by atoms with Crippen LogP contribution in [0.5, 0.6) is 0 Å². The third-order valence-electron chi connectivity index (χ3n) is 11.0. The SMILES string of the molecule is CC[C@H]1OC(=O)[C@H](C)C(=O)[C@H](C)[C@@H](OC2OC(C)CC(N(C)C)C2OC)[C@](C)(OC)C[C@@H](C)C(=O)O[C@H](C)[C@H]2N(CCCCN)C(=O)O[C@]12C. The monoisotopic (exact) mass is 713 g/mol. The largest absolute Gasteiger partial charge is 0.460 e. The third kappa shape index (κ3) is 8.80. The first-order valence-electron chi connectivity index (χ1n) is 18.1. The molecule has 0 saturated carbocycles. The second-order valence-corrected chi connectivity index (χ2v) is 15.0. The Morgan fingerprint density at radius 1 is 0.980 bits per heavy atom. The number of hydrogen-bond donors (Lipinski definition) is 1. The maximum Gasteiger partial charge on any atom is 0.411 e. The van der Waals surface area contributed by atoms with E-state index in [2.05, 4.69) is 4.90 Å². The van der Waals surface area contributed by atoms with Gasteiger partial charge in [0, 0.05) is 32.7 Å². The third-order valence-corrected chi connectivity index (χ3v) is 11.0. The number of unbranched alkanes of at least 4 members (excludes halogenated alkanes) is 1. The van der Waals surface area contributed by atoms with Gasteiger partial charge in [-0.1, -0.05) is 20.8 Å². The fourth-order valence-corrected chi connectivity index (χ4v) is 8.08. The first kappa shape index (κ1) is 42.1. The van der Waals surface area contributed by atoms with Crippen molar-refractivity contribution in [3.8, 4) is 0 Å². The lowest BCUT2D eigenvalue weighted by Crippen LogP contribution is -2.59. The van der Waals surface area contributed by atoms with Gasteiger partial charge in [-0.25, -0.2) is 4.79 Å². The highest BCUT2D eigenvalue weighted by Gasteiger charge is 2.60. The number of carbonyl (C=O) groups is 4. The number of likely N-dealkylation sites (N-methyl/N-ethyl adjacent to an activating group) is 1. The number of carbonyl (C=O) groups excluding carboxylic acids is 4. The Morgan fingerprint density at radius 2 is 1.64 bits per heavy atom. The van der Waals surface area contributed by atoms with Gasteiger partial charge in [0.2, 0.25) is 0 Å². The summed E-state index contributed by atoms with van der Waals surface area (Å²) in [7, 11) is 7.01. The lowest BCUT2D eigenvalue weighted by atomic mass is 9.78. The van der Waals surface area contributed by atoms with Crippen LogP contribution in [-0.4, -0.2) is 135 Å². The average Bonchev–Trinajstić information content (AvgIpc) is 3.33. The Labute approximate surface area is 298 Å². The second kappa shape index (κ2) is 17.4. The summed E-state index contributed by atoms with van der Waals surface area (Å²) >= 11 is 0. The van der Waals surface area contributed by atoms with E-state index in [0.29, 0.717) is 32.4 Å². The molecule has 14 nitrogen and oxygen atoms in total. The lowest BCUT2D eigenvalue weighted by molar-refractivity contribution is -0.299. The highest BCUT2D eigenvalue weighted by atomic mass is 16.7. The highest BCUT2D eigenvalue weighted by molar-refractivity contribution is 6.00. The van der Waals surface area contributed by atoms with Crippen LogP contribution in [0.25, 0.3) is 0 Å². The molecule has 0 spiro atoms. The second-order valence-electron chi connectivity index (χ2n) is 15.0. The number of rotatable bonds is 10. The van der Waals surface area contributed by atoms with Crippen molar-refractivity contribution in [2.24, 2.45) is 23.5 Å². The molecule has 0 radical (unpaired) electrons. The number of ether oxygens (including phenoxy) is 7. The summed E-state index contributed by atoms with van der Waals surface area (Å²) in [6.07, 6.45) is -2.61. The molecule has 0 aromatic rings. The summed E-state index contributed by atoms with van der Waals surface area (Å²) in [6.45, 7) is 14.6. The first-order chi connectivity index (χ1) is 23.4. The first-order valence-corrected chi connectivity index (χ1v) is 18.1. The molecule has 13 atom stereocenters. The van der Waals surface area contributed by atoms with Gasteiger partial charge in [-0.05, 0) is 87.4 Å². The molecule has 288 valence electrons. The predicted molar refractivity (Wildman–Crippen MR) is 184 cm³/mol. The number of esters is 2. The fraction of sp³-hybridized carbons (Fsp3) is 0.889. The molecule has 50 heavy (non-hydrogen) atoms. The Balaban J connectivity index is 2.11. The summed E-state index contributed by atoms with van der Waals surface area (Å²) in [5.41, 5.74) is 3.10. The van der Waals surface area contributed by atoms with E-state index >= 15 is 0 Å². The molecule has 0 aliphatic carbocycles. The quantitative estimate of drug-likeness (QED) is 0.152. The Kier molecular flexibility index (Phi) is 14.7. The number of ketones is 1. The number of cyclic esters (lactones) is 2. The summed E-state index contributed by atoms with van der Waals surface area (Å²) in [5.74, 6) is -4.58. The zero-order valence-corrected chi connectivity index (χ0v) is 32.3. The van der Waals surface area contributed by atoms with Gasteiger partial charge in [-0.15, -0.1) is 0 Å². The number of Topliss-reactive ketones (excluding diaryl/α,β-unsaturated/α-hetero) is 1. The van der Waals surface area contributed by atoms with Crippen molar-refractivity contribution >= 4 is 23.8 Å². The molecule has 0 aromatic heterocycles. The number of methoxy groups -OCH3 is 2. The normalized spacial score (nSPS) is 40.8. The van der Waals surface area contributed by atoms with E-state index in [0.717, 1.165) is 0 Å². The van der Waals surface area contributed by atoms with Crippen molar-refractivity contribution in [3.63, 3.8) is 0 Å². The van der Waals surface area contributed by atoms with Gasteiger partial charge in [-0.3, -0.25) is 19.3 Å². The molecule has 3 fully saturated rings. The van der Waals surface area contributed by atoms with Crippen molar-refractivity contribution in [1.29, 1.82) is 0 Å². The van der Waals surface area contributed by atoms with E-state index in [-0.39, 0.29) is 25.0 Å². The minimum absolute atomic E-state index is 0.0455. The zero-order valence-electron chi connectivity index (χ0n) is 32.3. The molecule has 3 aliphatic rings. The standard InChI is InChI=1S/C36H63N3O11/c1-13-26-36(8)29(39(34(43)50-36)17-15-14-16-37)24(6)47-31(41)20(2)19-35(7,45-12)30(22(4)27(40)23(5)32(42)48-26)49-33-28(44-11)25(38(9)10)18-21(3)46-33/h20-26,28-30,33H,13-19,37H2,1-12H3/t20-,21?,22+,23-,24-,25?,26-,28?,29-,30-,33?,35-,36-/m1/s1. The van der Waals surface area contributed by atoms with E-state index in [9.17, 15) is 19.2 Å². The van der Waals surface area contributed by atoms with Crippen LogP contribution in [0.1, 0.15) is 87.5 Å². The predicted octanol–water partition coefficient (Wildman–Crippen LogP) is 3.31. The highest BCUT2D eigenvalue weighted by Crippen LogP contribution is 2.41. The molecule has 14 heteroatoms. The number of nitrogens with two attached hydrogens (primary N) is 1. The van der Waals surface area contributed by atoms with Crippen LogP contribution in [0.15, 0.2) is 0 Å². The van der Waals surface area contributed by atoms with E-state index in [4.69, 9.17) is 38.9 Å². The van der Waals surface area contributed by atoms with Gasteiger partial charge in [0.15, 0.2) is 17.7 Å². The van der Waals surface area contributed by atoms with Crippen molar-refractivity contribution in [1.82, 2.24) is 9.80 Å². The lowest BCUT2D eigenvalue weighted by Gasteiger charge is -2.47. The van der Waals surface area contributed by atoms with Crippen LogP contribution in [0.3, 0.4) is 0 Å². The molecule has 3 aliphatic heterocycles. The minimum Gasteiger partial charge on any atom is -0.460 e. The molecule has 2 N–H and O–H groups in total. The van der Waals surface area contributed by atoms with Gasteiger partial charge in [0.1, 0.15) is 30.3 Å². The van der Waals surface area contributed by atoms with E-state index in [1.165, 1.54) is 18.9 Å². The van der Waals surface area contributed by atoms with E-state index < -0.39 is 89.5 Å². The fourth-order valence-electron chi connectivity index (χ4n) is 8.08. The Morgan fingerprint density at radius 3 is 2.20 bits per heavy atom. The molecule has 3 rings (SSSR count). The topological polar surface area (TPSA) is 165 Å².